The maximum Gasteiger partial charge on any atom is 0.257 e. The number of hydrogen-bond donors (Lipinski definition) is 1. The summed E-state index contributed by atoms with van der Waals surface area (Å²) >= 11 is 5.58. The average Bonchev–Trinajstić information content (AvgIpc) is 1.94. The molecule has 0 unspecified atom stereocenters. The Morgan fingerprint density at radius 2 is 2.25 bits per heavy atom. The van der Waals surface area contributed by atoms with Crippen LogP contribution in [0.2, 0.25) is 5.02 Å². The Balaban J connectivity index is 2.86. The predicted molar refractivity (Wildman–Crippen MR) is 46.7 cm³/mol. The number of pyridine rings is 1. The molecule has 0 aromatic carbocycles. The van der Waals surface area contributed by atoms with Gasteiger partial charge in [-0.25, -0.2) is 4.98 Å². The molecule has 1 rings (SSSR count). The molecule has 4 heteroatoms. The summed E-state index contributed by atoms with van der Waals surface area (Å²) in [5, 5.41) is 9.66. The zero-order valence-corrected chi connectivity index (χ0v) is 7.67. The summed E-state index contributed by atoms with van der Waals surface area (Å²) < 4.78 is 5.18. The number of halogens is 1. The molecule has 0 aliphatic rings. The molecule has 1 aromatic heterocycles. The first-order valence-electron chi connectivity index (χ1n) is 3.60. The zero-order valence-electron chi connectivity index (χ0n) is 6.91. The fourth-order valence-corrected chi connectivity index (χ4v) is 0.882. The fraction of sp³-hybridized carbons (Fsp3) is 0.375. The quantitative estimate of drug-likeness (QED) is 0.772. The van der Waals surface area contributed by atoms with Gasteiger partial charge in [-0.05, 0) is 13.8 Å². The molecule has 0 amide bonds. The Kier molecular flexibility index (Phi) is 2.76. The number of hydrogen-bond acceptors (Lipinski definition) is 3. The molecule has 1 heterocycles. The van der Waals surface area contributed by atoms with Crippen LogP contribution in [0, 0.1) is 0 Å². The molecule has 1 N–H and O–H groups in total. The molecule has 0 saturated heterocycles. The van der Waals surface area contributed by atoms with Crippen LogP contribution in [-0.4, -0.2) is 16.2 Å². The van der Waals surface area contributed by atoms with Crippen molar-refractivity contribution < 1.29 is 9.84 Å². The molecule has 0 bridgehead atoms. The molecule has 0 aliphatic heterocycles. The molecule has 0 atom stereocenters. The third-order valence-corrected chi connectivity index (χ3v) is 1.35. The summed E-state index contributed by atoms with van der Waals surface area (Å²) in [6.07, 6.45) is 1.42. The molecule has 66 valence electrons. The van der Waals surface area contributed by atoms with Crippen molar-refractivity contribution >= 4 is 11.6 Å². The highest BCUT2D eigenvalue weighted by Crippen LogP contribution is 2.26. The lowest BCUT2D eigenvalue weighted by Crippen LogP contribution is -2.06. The molecular weight excluding hydrogens is 178 g/mol. The molecule has 0 fully saturated rings. The average molecular weight is 188 g/mol. The highest BCUT2D eigenvalue weighted by molar-refractivity contribution is 6.30. The smallest absolute Gasteiger partial charge is 0.257 e. The summed E-state index contributed by atoms with van der Waals surface area (Å²) in [6.45, 7) is 3.71. The van der Waals surface area contributed by atoms with Crippen molar-refractivity contribution in [1.29, 1.82) is 0 Å². The van der Waals surface area contributed by atoms with Crippen LogP contribution in [0.3, 0.4) is 0 Å². The van der Waals surface area contributed by atoms with E-state index in [1.165, 1.54) is 12.3 Å². The van der Waals surface area contributed by atoms with E-state index in [4.69, 9.17) is 16.3 Å². The Morgan fingerprint density at radius 3 is 2.75 bits per heavy atom. The van der Waals surface area contributed by atoms with Gasteiger partial charge in [-0.1, -0.05) is 11.6 Å². The SMILES string of the molecule is CC(C)Oc1ncc(Cl)cc1O. The van der Waals surface area contributed by atoms with Gasteiger partial charge in [-0.15, -0.1) is 0 Å². The van der Waals surface area contributed by atoms with E-state index >= 15 is 0 Å². The van der Waals surface area contributed by atoms with Gasteiger partial charge in [0.05, 0.1) is 11.1 Å². The number of aromatic nitrogens is 1. The van der Waals surface area contributed by atoms with Gasteiger partial charge >= 0.3 is 0 Å². The molecule has 0 radical (unpaired) electrons. The van der Waals surface area contributed by atoms with E-state index < -0.39 is 0 Å². The topological polar surface area (TPSA) is 42.4 Å². The minimum Gasteiger partial charge on any atom is -0.503 e. The van der Waals surface area contributed by atoms with Gasteiger partial charge < -0.3 is 9.84 Å². The number of rotatable bonds is 2. The van der Waals surface area contributed by atoms with Gasteiger partial charge in [0.1, 0.15) is 0 Å². The van der Waals surface area contributed by atoms with E-state index in [1.54, 1.807) is 0 Å². The van der Waals surface area contributed by atoms with Crippen molar-refractivity contribution in [3.8, 4) is 11.6 Å². The lowest BCUT2D eigenvalue weighted by atomic mass is 10.4. The molecule has 3 nitrogen and oxygen atoms in total. The Hall–Kier alpha value is -0.960. The number of nitrogens with zero attached hydrogens (tertiary/aromatic N) is 1. The maximum atomic E-state index is 9.27. The highest BCUT2D eigenvalue weighted by atomic mass is 35.5. The van der Waals surface area contributed by atoms with Crippen LogP contribution in [0.4, 0.5) is 0 Å². The van der Waals surface area contributed by atoms with E-state index in [0.717, 1.165) is 0 Å². The van der Waals surface area contributed by atoms with Gasteiger partial charge in [0.15, 0.2) is 5.75 Å². The van der Waals surface area contributed by atoms with Crippen molar-refractivity contribution in [3.63, 3.8) is 0 Å². The van der Waals surface area contributed by atoms with Gasteiger partial charge in [0, 0.05) is 12.3 Å². The minimum atomic E-state index is -0.0313. The predicted octanol–water partition coefficient (Wildman–Crippen LogP) is 2.23. The van der Waals surface area contributed by atoms with Crippen molar-refractivity contribution in [1.82, 2.24) is 4.98 Å². The normalized spacial score (nSPS) is 10.3. The summed E-state index contributed by atoms with van der Waals surface area (Å²) in [7, 11) is 0. The van der Waals surface area contributed by atoms with Gasteiger partial charge in [-0.2, -0.15) is 0 Å². The number of aromatic hydroxyl groups is 1. The lowest BCUT2D eigenvalue weighted by molar-refractivity contribution is 0.221. The van der Waals surface area contributed by atoms with Crippen molar-refractivity contribution in [2.24, 2.45) is 0 Å². The van der Waals surface area contributed by atoms with E-state index in [0.29, 0.717) is 5.02 Å². The molecule has 0 spiro atoms. The third-order valence-electron chi connectivity index (χ3n) is 1.15. The summed E-state index contributed by atoms with van der Waals surface area (Å²) in [4.78, 5) is 3.81. The van der Waals surface area contributed by atoms with E-state index in [1.807, 2.05) is 13.8 Å². The van der Waals surface area contributed by atoms with Gasteiger partial charge in [0.2, 0.25) is 0 Å². The monoisotopic (exact) mass is 187 g/mol. The summed E-state index contributed by atoms with van der Waals surface area (Å²) in [6, 6.07) is 1.40. The summed E-state index contributed by atoms with van der Waals surface area (Å²) in [5.74, 6) is 0.186. The fourth-order valence-electron chi connectivity index (χ4n) is 0.730. The molecule has 0 aliphatic carbocycles. The second-order valence-electron chi connectivity index (χ2n) is 2.64. The highest BCUT2D eigenvalue weighted by Gasteiger charge is 2.05. The van der Waals surface area contributed by atoms with Crippen LogP contribution in [-0.2, 0) is 0 Å². The van der Waals surface area contributed by atoms with Gasteiger partial charge in [-0.3, -0.25) is 0 Å². The van der Waals surface area contributed by atoms with E-state index in [-0.39, 0.29) is 17.7 Å². The first-order chi connectivity index (χ1) is 5.59. The first kappa shape index (κ1) is 9.13. The molecule has 12 heavy (non-hydrogen) atoms. The van der Waals surface area contributed by atoms with Crippen molar-refractivity contribution in [2.45, 2.75) is 20.0 Å². The summed E-state index contributed by atoms with van der Waals surface area (Å²) in [5.41, 5.74) is 0. The third kappa shape index (κ3) is 2.27. The standard InChI is InChI=1S/C8H10ClNO2/c1-5(2)12-8-7(11)3-6(9)4-10-8/h3-5,11H,1-2H3. The lowest BCUT2D eigenvalue weighted by Gasteiger charge is -2.09. The Morgan fingerprint density at radius 1 is 1.58 bits per heavy atom. The van der Waals surface area contributed by atoms with Crippen LogP contribution < -0.4 is 4.74 Å². The van der Waals surface area contributed by atoms with Gasteiger partial charge in [0.25, 0.3) is 5.88 Å². The largest absolute Gasteiger partial charge is 0.503 e. The van der Waals surface area contributed by atoms with E-state index in [2.05, 4.69) is 4.98 Å². The zero-order chi connectivity index (χ0) is 9.14. The van der Waals surface area contributed by atoms with Crippen LogP contribution in [0.25, 0.3) is 0 Å². The van der Waals surface area contributed by atoms with Crippen LogP contribution in [0.5, 0.6) is 11.6 Å². The van der Waals surface area contributed by atoms with Crippen LogP contribution in [0.1, 0.15) is 13.8 Å². The second-order valence-corrected chi connectivity index (χ2v) is 3.08. The number of ether oxygens (including phenoxy) is 1. The Bertz CT molecular complexity index is 276. The molecular formula is C8H10ClNO2. The van der Waals surface area contributed by atoms with Crippen LogP contribution >= 0.6 is 11.6 Å². The first-order valence-corrected chi connectivity index (χ1v) is 3.98. The Labute approximate surface area is 76.0 Å². The van der Waals surface area contributed by atoms with E-state index in [9.17, 15) is 5.11 Å². The minimum absolute atomic E-state index is 0.00965. The van der Waals surface area contributed by atoms with Crippen molar-refractivity contribution in [3.05, 3.63) is 17.3 Å². The second kappa shape index (κ2) is 3.63. The van der Waals surface area contributed by atoms with Crippen molar-refractivity contribution in [2.75, 3.05) is 0 Å². The molecule has 0 saturated carbocycles. The maximum absolute atomic E-state index is 9.27. The van der Waals surface area contributed by atoms with Crippen LogP contribution in [0.15, 0.2) is 12.3 Å². The molecule has 1 aromatic rings.